The smallest absolute Gasteiger partial charge is 0.158 e. The molecule has 0 saturated carbocycles. The standard InChI is InChI=1S/C8H12BrNO2/c9-3-6-12-8(7-10)1-4-11-5-2-8/h1-6H2. The molecule has 1 aliphatic heterocycles. The predicted molar refractivity (Wildman–Crippen MR) is 48.1 cm³/mol. The molecule has 1 rings (SSSR count). The molecule has 0 aromatic rings. The number of nitriles is 1. The van der Waals surface area contributed by atoms with E-state index in [1.165, 1.54) is 0 Å². The van der Waals surface area contributed by atoms with Crippen molar-refractivity contribution in [3.05, 3.63) is 0 Å². The number of alkyl halides is 1. The van der Waals surface area contributed by atoms with Crippen LogP contribution in [0, 0.1) is 11.3 Å². The van der Waals surface area contributed by atoms with Gasteiger partial charge < -0.3 is 9.47 Å². The van der Waals surface area contributed by atoms with E-state index in [1.54, 1.807) is 0 Å². The van der Waals surface area contributed by atoms with Crippen LogP contribution in [0.15, 0.2) is 0 Å². The van der Waals surface area contributed by atoms with Gasteiger partial charge in [-0.2, -0.15) is 5.26 Å². The fraction of sp³-hybridized carbons (Fsp3) is 0.875. The van der Waals surface area contributed by atoms with Crippen molar-refractivity contribution in [1.82, 2.24) is 0 Å². The summed E-state index contributed by atoms with van der Waals surface area (Å²) in [6.45, 7) is 1.86. The lowest BCUT2D eigenvalue weighted by atomic mass is 9.96. The fourth-order valence-electron chi connectivity index (χ4n) is 1.22. The van der Waals surface area contributed by atoms with Gasteiger partial charge in [0.1, 0.15) is 0 Å². The SMILES string of the molecule is N#CC1(OCCBr)CCOCC1. The molecular weight excluding hydrogens is 222 g/mol. The molecule has 0 aromatic carbocycles. The molecule has 0 N–H and O–H groups in total. The quantitative estimate of drug-likeness (QED) is 0.694. The molecule has 1 saturated heterocycles. The maximum atomic E-state index is 8.92. The Kier molecular flexibility index (Phi) is 3.99. The highest BCUT2D eigenvalue weighted by molar-refractivity contribution is 9.09. The van der Waals surface area contributed by atoms with E-state index in [4.69, 9.17) is 14.7 Å². The molecule has 3 nitrogen and oxygen atoms in total. The Bertz CT molecular complexity index is 172. The maximum absolute atomic E-state index is 8.92. The normalized spacial score (nSPS) is 21.7. The highest BCUT2D eigenvalue weighted by atomic mass is 79.9. The van der Waals surface area contributed by atoms with Crippen molar-refractivity contribution in [2.24, 2.45) is 0 Å². The van der Waals surface area contributed by atoms with Gasteiger partial charge in [-0.05, 0) is 0 Å². The number of hydrogen-bond donors (Lipinski definition) is 0. The van der Waals surface area contributed by atoms with Crippen LogP contribution in [0.5, 0.6) is 0 Å². The first-order chi connectivity index (χ1) is 5.83. The van der Waals surface area contributed by atoms with Gasteiger partial charge in [0.05, 0.1) is 25.9 Å². The number of hydrogen-bond acceptors (Lipinski definition) is 3. The minimum absolute atomic E-state index is 0.577. The molecule has 0 radical (unpaired) electrons. The second kappa shape index (κ2) is 4.80. The highest BCUT2D eigenvalue weighted by Crippen LogP contribution is 2.24. The first-order valence-corrected chi connectivity index (χ1v) is 5.14. The summed E-state index contributed by atoms with van der Waals surface area (Å²) in [4.78, 5) is 0. The Balaban J connectivity index is 2.44. The molecule has 0 aromatic heterocycles. The maximum Gasteiger partial charge on any atom is 0.158 e. The zero-order valence-electron chi connectivity index (χ0n) is 6.88. The van der Waals surface area contributed by atoms with Gasteiger partial charge in [0.25, 0.3) is 0 Å². The van der Waals surface area contributed by atoms with Crippen LogP contribution in [-0.4, -0.2) is 30.8 Å². The predicted octanol–water partition coefficient (Wildman–Crippen LogP) is 1.47. The van der Waals surface area contributed by atoms with E-state index in [1.807, 2.05) is 0 Å². The summed E-state index contributed by atoms with van der Waals surface area (Å²) in [5.41, 5.74) is -0.577. The molecule has 1 heterocycles. The van der Waals surface area contributed by atoms with E-state index in [9.17, 15) is 0 Å². The molecule has 0 amide bonds. The molecule has 68 valence electrons. The van der Waals surface area contributed by atoms with Crippen LogP contribution in [-0.2, 0) is 9.47 Å². The van der Waals surface area contributed by atoms with Crippen LogP contribution >= 0.6 is 15.9 Å². The molecule has 0 spiro atoms. The van der Waals surface area contributed by atoms with E-state index in [0.717, 1.165) is 5.33 Å². The van der Waals surface area contributed by atoms with Gasteiger partial charge in [-0.15, -0.1) is 0 Å². The Morgan fingerprint density at radius 2 is 2.17 bits per heavy atom. The van der Waals surface area contributed by atoms with Gasteiger partial charge >= 0.3 is 0 Å². The third-order valence-corrected chi connectivity index (χ3v) is 2.28. The van der Waals surface area contributed by atoms with Crippen molar-refractivity contribution in [2.75, 3.05) is 25.2 Å². The molecule has 0 unspecified atom stereocenters. The van der Waals surface area contributed by atoms with E-state index < -0.39 is 5.60 Å². The molecule has 12 heavy (non-hydrogen) atoms. The lowest BCUT2D eigenvalue weighted by molar-refractivity contribution is -0.0704. The van der Waals surface area contributed by atoms with Crippen molar-refractivity contribution in [3.63, 3.8) is 0 Å². The van der Waals surface area contributed by atoms with E-state index >= 15 is 0 Å². The summed E-state index contributed by atoms with van der Waals surface area (Å²) in [5.74, 6) is 0. The van der Waals surface area contributed by atoms with Crippen LogP contribution in [0.3, 0.4) is 0 Å². The van der Waals surface area contributed by atoms with Crippen molar-refractivity contribution >= 4 is 15.9 Å². The number of ether oxygens (including phenoxy) is 2. The second-order valence-electron chi connectivity index (χ2n) is 2.76. The molecule has 0 aliphatic carbocycles. The summed E-state index contributed by atoms with van der Waals surface area (Å²) in [7, 11) is 0. The fourth-order valence-corrected chi connectivity index (χ4v) is 1.39. The molecule has 1 aliphatic rings. The van der Waals surface area contributed by atoms with E-state index in [-0.39, 0.29) is 0 Å². The Labute approximate surface area is 80.8 Å². The minimum atomic E-state index is -0.577. The van der Waals surface area contributed by atoms with Crippen LogP contribution in [0.4, 0.5) is 0 Å². The molecule has 4 heteroatoms. The third-order valence-electron chi connectivity index (χ3n) is 1.96. The van der Waals surface area contributed by atoms with Gasteiger partial charge in [-0.1, -0.05) is 15.9 Å². The largest absolute Gasteiger partial charge is 0.381 e. The summed E-state index contributed by atoms with van der Waals surface area (Å²) in [6, 6.07) is 2.23. The lowest BCUT2D eigenvalue weighted by Crippen LogP contribution is -2.38. The Morgan fingerprint density at radius 3 is 2.67 bits per heavy atom. The number of halogens is 1. The zero-order chi connectivity index (χ0) is 8.86. The minimum Gasteiger partial charge on any atom is -0.381 e. The van der Waals surface area contributed by atoms with Gasteiger partial charge in [-0.25, -0.2) is 0 Å². The van der Waals surface area contributed by atoms with Gasteiger partial charge in [-0.3, -0.25) is 0 Å². The first kappa shape index (κ1) is 9.97. The number of rotatable bonds is 3. The van der Waals surface area contributed by atoms with Crippen LogP contribution < -0.4 is 0 Å². The topological polar surface area (TPSA) is 42.2 Å². The van der Waals surface area contributed by atoms with E-state index in [0.29, 0.717) is 32.7 Å². The monoisotopic (exact) mass is 233 g/mol. The third kappa shape index (κ3) is 2.44. The summed E-state index contributed by atoms with van der Waals surface area (Å²) in [5, 5.41) is 9.70. The van der Waals surface area contributed by atoms with Gasteiger partial charge in [0.15, 0.2) is 5.60 Å². The summed E-state index contributed by atoms with van der Waals surface area (Å²) < 4.78 is 10.6. The van der Waals surface area contributed by atoms with Crippen molar-refractivity contribution in [3.8, 4) is 6.07 Å². The second-order valence-corrected chi connectivity index (χ2v) is 3.55. The Hall–Kier alpha value is -0.110. The average Bonchev–Trinajstić information content (AvgIpc) is 2.16. The van der Waals surface area contributed by atoms with Crippen LogP contribution in [0.25, 0.3) is 0 Å². The first-order valence-electron chi connectivity index (χ1n) is 4.02. The van der Waals surface area contributed by atoms with Gasteiger partial charge in [0, 0.05) is 18.2 Å². The van der Waals surface area contributed by atoms with Gasteiger partial charge in [0.2, 0.25) is 0 Å². The lowest BCUT2D eigenvalue weighted by Gasteiger charge is -2.30. The molecular formula is C8H12BrNO2. The van der Waals surface area contributed by atoms with E-state index in [2.05, 4.69) is 22.0 Å². The average molecular weight is 234 g/mol. The highest BCUT2D eigenvalue weighted by Gasteiger charge is 2.33. The molecule has 1 fully saturated rings. The molecule has 0 atom stereocenters. The summed E-state index contributed by atoms with van der Waals surface area (Å²) >= 11 is 3.26. The Morgan fingerprint density at radius 1 is 1.50 bits per heavy atom. The van der Waals surface area contributed by atoms with Crippen molar-refractivity contribution < 1.29 is 9.47 Å². The number of nitrogens with zero attached hydrogens (tertiary/aromatic N) is 1. The van der Waals surface area contributed by atoms with Crippen LogP contribution in [0.2, 0.25) is 0 Å². The van der Waals surface area contributed by atoms with Crippen molar-refractivity contribution in [1.29, 1.82) is 5.26 Å². The van der Waals surface area contributed by atoms with Crippen LogP contribution in [0.1, 0.15) is 12.8 Å². The summed E-state index contributed by atoms with van der Waals surface area (Å²) in [6.07, 6.45) is 1.38. The molecule has 0 bridgehead atoms. The van der Waals surface area contributed by atoms with Crippen molar-refractivity contribution in [2.45, 2.75) is 18.4 Å². The zero-order valence-corrected chi connectivity index (χ0v) is 8.47.